The molecule has 26 heavy (non-hydrogen) atoms. The zero-order valence-electron chi connectivity index (χ0n) is 15.8. The van der Waals surface area contributed by atoms with Crippen molar-refractivity contribution in [2.75, 3.05) is 31.4 Å². The van der Waals surface area contributed by atoms with Gasteiger partial charge >= 0.3 is 0 Å². The van der Waals surface area contributed by atoms with Gasteiger partial charge in [0.1, 0.15) is 0 Å². The molecule has 2 aromatic carbocycles. The summed E-state index contributed by atoms with van der Waals surface area (Å²) < 4.78 is 27.3. The first-order valence-corrected chi connectivity index (χ1v) is 9.66. The first-order chi connectivity index (χ1) is 12.1. The molecule has 0 bridgehead atoms. The number of rotatable bonds is 6. The van der Waals surface area contributed by atoms with Gasteiger partial charge in [0.05, 0.1) is 4.90 Å². The van der Waals surface area contributed by atoms with E-state index in [-0.39, 0.29) is 17.3 Å². The van der Waals surface area contributed by atoms with Crippen LogP contribution >= 0.6 is 0 Å². The van der Waals surface area contributed by atoms with Crippen LogP contribution in [0.25, 0.3) is 0 Å². The normalized spacial score (nSPS) is 11.5. The number of hydrogen-bond donors (Lipinski definition) is 1. The Morgan fingerprint density at radius 3 is 2.19 bits per heavy atom. The van der Waals surface area contributed by atoms with Gasteiger partial charge in [0.25, 0.3) is 0 Å². The third-order valence-electron chi connectivity index (χ3n) is 4.05. The summed E-state index contributed by atoms with van der Waals surface area (Å²) in [6.07, 6.45) is 0. The quantitative estimate of drug-likeness (QED) is 0.843. The molecule has 0 spiro atoms. The molecule has 0 aliphatic carbocycles. The molecule has 0 saturated carbocycles. The van der Waals surface area contributed by atoms with Crippen LogP contribution < -0.4 is 10.2 Å². The summed E-state index contributed by atoms with van der Waals surface area (Å²) in [6, 6.07) is 12.6. The summed E-state index contributed by atoms with van der Waals surface area (Å²) in [4.78, 5) is 13.4. The van der Waals surface area contributed by atoms with E-state index >= 15 is 0 Å². The number of sulfonamides is 1. The van der Waals surface area contributed by atoms with Gasteiger partial charge in [-0.3, -0.25) is 4.79 Å². The minimum Gasteiger partial charge on any atom is -0.378 e. The molecule has 0 atom stereocenters. The first kappa shape index (κ1) is 19.9. The highest BCUT2D eigenvalue weighted by Crippen LogP contribution is 2.24. The predicted molar refractivity (Wildman–Crippen MR) is 105 cm³/mol. The Hall–Kier alpha value is -2.38. The fourth-order valence-corrected chi connectivity index (χ4v) is 3.97. The third kappa shape index (κ3) is 4.62. The Kier molecular flexibility index (Phi) is 6.05. The van der Waals surface area contributed by atoms with Crippen LogP contribution in [-0.2, 0) is 21.4 Å². The van der Waals surface area contributed by atoms with Gasteiger partial charge in [-0.2, -0.15) is 4.31 Å². The average Bonchev–Trinajstić information content (AvgIpc) is 2.56. The van der Waals surface area contributed by atoms with Crippen molar-refractivity contribution in [1.29, 1.82) is 0 Å². The van der Waals surface area contributed by atoms with Crippen LogP contribution in [0.1, 0.15) is 18.1 Å². The first-order valence-electron chi connectivity index (χ1n) is 8.22. The smallest absolute Gasteiger partial charge is 0.243 e. The molecule has 0 radical (unpaired) electrons. The number of anilines is 2. The summed E-state index contributed by atoms with van der Waals surface area (Å²) in [7, 11) is 1.78. The molecule has 1 N–H and O–H groups in total. The lowest BCUT2D eigenvalue weighted by atomic mass is 10.2. The lowest BCUT2D eigenvalue weighted by Gasteiger charge is -2.20. The van der Waals surface area contributed by atoms with Crippen LogP contribution in [0, 0.1) is 6.92 Å². The highest BCUT2D eigenvalue weighted by atomic mass is 32.2. The van der Waals surface area contributed by atoms with Crippen molar-refractivity contribution in [2.24, 2.45) is 0 Å². The van der Waals surface area contributed by atoms with Gasteiger partial charge in [-0.15, -0.1) is 0 Å². The zero-order valence-corrected chi connectivity index (χ0v) is 16.6. The number of benzene rings is 2. The maximum Gasteiger partial charge on any atom is 0.243 e. The molecule has 2 rings (SSSR count). The van der Waals surface area contributed by atoms with Gasteiger partial charge in [0.2, 0.25) is 15.9 Å². The number of carbonyl (C=O) groups is 1. The molecule has 0 fully saturated rings. The third-order valence-corrected chi connectivity index (χ3v) is 6.00. The van der Waals surface area contributed by atoms with E-state index in [1.54, 1.807) is 26.1 Å². The van der Waals surface area contributed by atoms with Gasteiger partial charge in [0, 0.05) is 46.0 Å². The van der Waals surface area contributed by atoms with E-state index < -0.39 is 10.0 Å². The van der Waals surface area contributed by atoms with E-state index in [9.17, 15) is 13.2 Å². The summed E-state index contributed by atoms with van der Waals surface area (Å²) in [6.45, 7) is 3.39. The second-order valence-electron chi connectivity index (χ2n) is 6.48. The van der Waals surface area contributed by atoms with Crippen molar-refractivity contribution in [3.63, 3.8) is 0 Å². The second kappa shape index (κ2) is 7.88. The number of amides is 1. The molecule has 0 unspecified atom stereocenters. The number of carbonyl (C=O) groups excluding carboxylic acids is 1. The molecule has 6 nitrogen and oxygen atoms in total. The molecule has 140 valence electrons. The molecule has 1 amide bonds. The molecule has 0 aliphatic rings. The number of nitrogens with zero attached hydrogens (tertiary/aromatic N) is 2. The van der Waals surface area contributed by atoms with Gasteiger partial charge < -0.3 is 10.2 Å². The van der Waals surface area contributed by atoms with E-state index in [4.69, 9.17) is 0 Å². The summed E-state index contributed by atoms with van der Waals surface area (Å²) in [5.74, 6) is -0.244. The van der Waals surface area contributed by atoms with Crippen molar-refractivity contribution in [2.45, 2.75) is 25.3 Å². The second-order valence-corrected chi connectivity index (χ2v) is 8.50. The molecular formula is C19H25N3O3S. The Morgan fingerprint density at radius 1 is 1.04 bits per heavy atom. The summed E-state index contributed by atoms with van der Waals surface area (Å²) in [5.41, 5.74) is 3.05. The van der Waals surface area contributed by atoms with Crippen LogP contribution in [0.3, 0.4) is 0 Å². The number of hydrogen-bond acceptors (Lipinski definition) is 4. The van der Waals surface area contributed by atoms with Crippen molar-refractivity contribution in [1.82, 2.24) is 4.31 Å². The van der Waals surface area contributed by atoms with Crippen molar-refractivity contribution in [3.8, 4) is 0 Å². The van der Waals surface area contributed by atoms with Gasteiger partial charge in [-0.1, -0.05) is 18.2 Å². The van der Waals surface area contributed by atoms with Crippen LogP contribution in [0.15, 0.2) is 47.4 Å². The molecule has 0 aliphatic heterocycles. The molecule has 2 aromatic rings. The summed E-state index contributed by atoms with van der Waals surface area (Å²) in [5, 5.41) is 2.62. The van der Waals surface area contributed by atoms with Crippen molar-refractivity contribution < 1.29 is 13.2 Å². The highest BCUT2D eigenvalue weighted by Gasteiger charge is 2.23. The topological polar surface area (TPSA) is 69.7 Å². The van der Waals surface area contributed by atoms with Crippen molar-refractivity contribution in [3.05, 3.63) is 53.6 Å². The maximum atomic E-state index is 13.0. The molecule has 0 heterocycles. The average molecular weight is 375 g/mol. The van der Waals surface area contributed by atoms with E-state index in [0.29, 0.717) is 11.3 Å². The lowest BCUT2D eigenvalue weighted by Crippen LogP contribution is -2.27. The van der Waals surface area contributed by atoms with Crippen LogP contribution in [-0.4, -0.2) is 39.8 Å². The number of nitrogens with one attached hydrogen (secondary N) is 1. The Morgan fingerprint density at radius 2 is 1.65 bits per heavy atom. The van der Waals surface area contributed by atoms with Crippen LogP contribution in [0.4, 0.5) is 11.4 Å². The zero-order chi connectivity index (χ0) is 19.5. The van der Waals surface area contributed by atoms with Gasteiger partial charge in [-0.25, -0.2) is 8.42 Å². The minimum absolute atomic E-state index is 0.191. The lowest BCUT2D eigenvalue weighted by molar-refractivity contribution is -0.114. The fraction of sp³-hybridized carbons (Fsp3) is 0.316. The van der Waals surface area contributed by atoms with Crippen LogP contribution in [0.2, 0.25) is 0 Å². The fourth-order valence-electron chi connectivity index (χ4n) is 2.57. The monoisotopic (exact) mass is 375 g/mol. The molecule has 7 heteroatoms. The molecule has 0 saturated heterocycles. The standard InChI is InChI=1S/C19H25N3O3S/c1-14-6-9-17(20-15(2)23)12-19(14)26(24,25)22(5)13-16-7-10-18(11-8-16)21(3)4/h6-12H,13H2,1-5H3,(H,20,23). The minimum atomic E-state index is -3.68. The summed E-state index contributed by atoms with van der Waals surface area (Å²) >= 11 is 0. The van der Waals surface area contributed by atoms with Crippen molar-refractivity contribution >= 4 is 27.3 Å². The van der Waals surface area contributed by atoms with E-state index in [1.165, 1.54) is 17.3 Å². The predicted octanol–water partition coefficient (Wildman–Crippen LogP) is 2.84. The molecule has 0 aromatic heterocycles. The van der Waals surface area contributed by atoms with Gasteiger partial charge in [-0.05, 0) is 42.3 Å². The largest absolute Gasteiger partial charge is 0.378 e. The number of aryl methyl sites for hydroxylation is 1. The Bertz CT molecular complexity index is 891. The highest BCUT2D eigenvalue weighted by molar-refractivity contribution is 7.89. The Balaban J connectivity index is 2.27. The SMILES string of the molecule is CC(=O)Nc1ccc(C)c(S(=O)(=O)N(C)Cc2ccc(N(C)C)cc2)c1. The van der Waals surface area contributed by atoms with Crippen LogP contribution in [0.5, 0.6) is 0 Å². The molecular weight excluding hydrogens is 350 g/mol. The van der Waals surface area contributed by atoms with Gasteiger partial charge in [0.15, 0.2) is 0 Å². The van der Waals surface area contributed by atoms with E-state index in [2.05, 4.69) is 5.32 Å². The van der Waals surface area contributed by atoms with E-state index in [1.807, 2.05) is 43.3 Å². The van der Waals surface area contributed by atoms with E-state index in [0.717, 1.165) is 11.3 Å². The maximum absolute atomic E-state index is 13.0. The Labute approximate surface area is 155 Å².